The Hall–Kier alpha value is -1.42. The minimum Gasteiger partial charge on any atom is -0.297 e. The van der Waals surface area contributed by atoms with Gasteiger partial charge in [-0.2, -0.15) is 5.10 Å². The highest BCUT2D eigenvalue weighted by molar-refractivity contribution is 7.71. The van der Waals surface area contributed by atoms with Crippen molar-refractivity contribution in [2.75, 3.05) is 0 Å². The predicted molar refractivity (Wildman–Crippen MR) is 70.3 cm³/mol. The molecule has 3 nitrogen and oxygen atoms in total. The van der Waals surface area contributed by atoms with Gasteiger partial charge in [0.25, 0.3) is 0 Å². The van der Waals surface area contributed by atoms with Crippen LogP contribution in [0.3, 0.4) is 0 Å². The lowest BCUT2D eigenvalue weighted by atomic mass is 9.81. The van der Waals surface area contributed by atoms with Crippen LogP contribution in [0.15, 0.2) is 30.3 Å². The van der Waals surface area contributed by atoms with Gasteiger partial charge in [-0.05, 0) is 31.0 Å². The zero-order chi connectivity index (χ0) is 11.8. The molecule has 0 radical (unpaired) electrons. The van der Waals surface area contributed by atoms with Crippen LogP contribution in [0.4, 0.5) is 0 Å². The normalized spacial score (nSPS) is 23.4. The molecule has 17 heavy (non-hydrogen) atoms. The molecule has 0 spiro atoms. The lowest BCUT2D eigenvalue weighted by Gasteiger charge is -2.34. The van der Waals surface area contributed by atoms with Gasteiger partial charge >= 0.3 is 0 Å². The molecular weight excluding hydrogens is 230 g/mol. The Morgan fingerprint density at radius 1 is 1.29 bits per heavy atom. The van der Waals surface area contributed by atoms with E-state index in [1.807, 2.05) is 18.2 Å². The van der Waals surface area contributed by atoms with Gasteiger partial charge in [-0.3, -0.25) is 9.67 Å². The summed E-state index contributed by atoms with van der Waals surface area (Å²) in [5, 5.41) is 7.28. The van der Waals surface area contributed by atoms with E-state index < -0.39 is 0 Å². The van der Waals surface area contributed by atoms with E-state index in [9.17, 15) is 0 Å². The van der Waals surface area contributed by atoms with Crippen molar-refractivity contribution in [2.45, 2.75) is 25.8 Å². The summed E-state index contributed by atoms with van der Waals surface area (Å²) in [6, 6.07) is 10.7. The van der Waals surface area contributed by atoms with Crippen molar-refractivity contribution < 1.29 is 0 Å². The van der Waals surface area contributed by atoms with Gasteiger partial charge in [-0.25, -0.2) is 0 Å². The Labute approximate surface area is 105 Å². The lowest BCUT2D eigenvalue weighted by molar-refractivity contribution is 0.216. The van der Waals surface area contributed by atoms with Crippen molar-refractivity contribution in [1.29, 1.82) is 0 Å². The Bertz CT molecular complexity index is 564. The van der Waals surface area contributed by atoms with E-state index in [-0.39, 0.29) is 0 Å². The highest BCUT2D eigenvalue weighted by Gasteiger charge is 2.29. The first-order valence-electron chi connectivity index (χ1n) is 5.98. The van der Waals surface area contributed by atoms with Gasteiger partial charge in [0.05, 0.1) is 0 Å². The van der Waals surface area contributed by atoms with Crippen LogP contribution in [0.5, 0.6) is 0 Å². The highest BCUT2D eigenvalue weighted by Crippen LogP contribution is 2.39. The fourth-order valence-electron chi connectivity index (χ4n) is 2.51. The van der Waals surface area contributed by atoms with Crippen molar-refractivity contribution in [3.8, 4) is 11.4 Å². The molecule has 1 aliphatic rings. The highest BCUT2D eigenvalue weighted by atomic mass is 32.1. The van der Waals surface area contributed by atoms with Crippen molar-refractivity contribution in [3.05, 3.63) is 35.1 Å². The van der Waals surface area contributed by atoms with E-state index in [4.69, 9.17) is 12.2 Å². The summed E-state index contributed by atoms with van der Waals surface area (Å²) in [6.45, 7) is 2.28. The number of hydrogen-bond acceptors (Lipinski definition) is 2. The van der Waals surface area contributed by atoms with Crippen LogP contribution in [0.1, 0.15) is 25.8 Å². The van der Waals surface area contributed by atoms with E-state index in [0.717, 1.165) is 22.1 Å². The number of rotatable bonds is 2. The molecule has 1 fully saturated rings. The molecule has 88 valence electrons. The van der Waals surface area contributed by atoms with Crippen molar-refractivity contribution in [3.63, 3.8) is 0 Å². The number of aromatic amines is 1. The van der Waals surface area contributed by atoms with Gasteiger partial charge in [-0.15, -0.1) is 0 Å². The first-order valence-corrected chi connectivity index (χ1v) is 6.39. The van der Waals surface area contributed by atoms with Crippen molar-refractivity contribution >= 4 is 12.2 Å². The van der Waals surface area contributed by atoms with Gasteiger partial charge in [0.2, 0.25) is 0 Å². The molecule has 0 saturated heterocycles. The molecule has 0 amide bonds. The molecule has 0 aliphatic heterocycles. The average molecular weight is 245 g/mol. The summed E-state index contributed by atoms with van der Waals surface area (Å²) in [6.07, 6.45) is 2.40. The summed E-state index contributed by atoms with van der Waals surface area (Å²) in [7, 11) is 0. The van der Waals surface area contributed by atoms with E-state index in [1.165, 1.54) is 12.8 Å². The topological polar surface area (TPSA) is 33.6 Å². The first kappa shape index (κ1) is 10.7. The molecule has 1 heterocycles. The fraction of sp³-hybridized carbons (Fsp3) is 0.385. The van der Waals surface area contributed by atoms with E-state index in [2.05, 4.69) is 33.8 Å². The fourth-order valence-corrected chi connectivity index (χ4v) is 2.79. The zero-order valence-electron chi connectivity index (χ0n) is 9.76. The molecule has 3 rings (SSSR count). The second-order valence-electron chi connectivity index (χ2n) is 4.82. The largest absolute Gasteiger partial charge is 0.297 e. The number of H-pyrrole nitrogens is 1. The molecule has 0 atom stereocenters. The van der Waals surface area contributed by atoms with Gasteiger partial charge in [-0.1, -0.05) is 37.3 Å². The Kier molecular flexibility index (Phi) is 2.59. The van der Waals surface area contributed by atoms with Crippen molar-refractivity contribution in [1.82, 2.24) is 14.8 Å². The predicted octanol–water partition coefficient (Wildman–Crippen LogP) is 3.58. The molecule has 0 bridgehead atoms. The molecule has 1 aromatic heterocycles. The molecule has 1 saturated carbocycles. The smallest absolute Gasteiger partial charge is 0.195 e. The summed E-state index contributed by atoms with van der Waals surface area (Å²) in [5.74, 6) is 1.77. The van der Waals surface area contributed by atoms with Gasteiger partial charge in [0.1, 0.15) is 0 Å². The number of nitrogens with one attached hydrogen (secondary N) is 1. The maximum atomic E-state index is 5.33. The Morgan fingerprint density at radius 3 is 2.65 bits per heavy atom. The molecule has 4 heteroatoms. The van der Waals surface area contributed by atoms with Crippen molar-refractivity contribution in [2.24, 2.45) is 5.92 Å². The number of hydrogen-bond donors (Lipinski definition) is 1. The number of aromatic nitrogens is 3. The van der Waals surface area contributed by atoms with Gasteiger partial charge < -0.3 is 0 Å². The summed E-state index contributed by atoms with van der Waals surface area (Å²) in [4.78, 5) is 0. The average Bonchev–Trinajstić information content (AvgIpc) is 2.68. The van der Waals surface area contributed by atoms with E-state index >= 15 is 0 Å². The van der Waals surface area contributed by atoms with Crippen LogP contribution in [-0.2, 0) is 0 Å². The minimum atomic E-state index is 0.520. The quantitative estimate of drug-likeness (QED) is 0.820. The SMILES string of the molecule is CC1CC(n2c(-c3ccccc3)n[nH]c2=S)C1. The van der Waals surface area contributed by atoms with E-state index in [1.54, 1.807) is 0 Å². The molecule has 2 aromatic rings. The summed E-state index contributed by atoms with van der Waals surface area (Å²) >= 11 is 5.33. The first-order chi connectivity index (χ1) is 8.25. The van der Waals surface area contributed by atoms with Crippen LogP contribution in [0.25, 0.3) is 11.4 Å². The monoisotopic (exact) mass is 245 g/mol. The third-order valence-electron chi connectivity index (χ3n) is 3.45. The molecule has 1 N–H and O–H groups in total. The Morgan fingerprint density at radius 2 is 2.00 bits per heavy atom. The minimum absolute atomic E-state index is 0.520. The maximum Gasteiger partial charge on any atom is 0.195 e. The summed E-state index contributed by atoms with van der Waals surface area (Å²) < 4.78 is 2.91. The van der Waals surface area contributed by atoms with Crippen LogP contribution >= 0.6 is 12.2 Å². The van der Waals surface area contributed by atoms with Crippen LogP contribution in [0.2, 0.25) is 0 Å². The molecule has 1 aliphatic carbocycles. The van der Waals surface area contributed by atoms with Gasteiger partial charge in [0.15, 0.2) is 10.6 Å². The van der Waals surface area contributed by atoms with E-state index in [0.29, 0.717) is 6.04 Å². The number of nitrogens with zero attached hydrogens (tertiary/aromatic N) is 2. The molecule has 1 aromatic carbocycles. The lowest BCUT2D eigenvalue weighted by Crippen LogP contribution is -2.25. The third-order valence-corrected chi connectivity index (χ3v) is 3.74. The standard InChI is InChI=1S/C13H15N3S/c1-9-7-11(8-9)16-12(14-15-13(16)17)10-5-3-2-4-6-10/h2-6,9,11H,7-8H2,1H3,(H,15,17). The molecule has 0 unspecified atom stereocenters. The second kappa shape index (κ2) is 4.11. The third kappa shape index (κ3) is 1.82. The maximum absolute atomic E-state index is 5.33. The Balaban J connectivity index is 2.04. The summed E-state index contributed by atoms with van der Waals surface area (Å²) in [5.41, 5.74) is 1.12. The second-order valence-corrected chi connectivity index (χ2v) is 5.21. The zero-order valence-corrected chi connectivity index (χ0v) is 10.6. The van der Waals surface area contributed by atoms with Crippen LogP contribution in [-0.4, -0.2) is 14.8 Å². The van der Waals surface area contributed by atoms with Crippen LogP contribution < -0.4 is 0 Å². The molecular formula is C13H15N3S. The number of benzene rings is 1. The van der Waals surface area contributed by atoms with Gasteiger partial charge in [0, 0.05) is 11.6 Å². The van der Waals surface area contributed by atoms with Crippen LogP contribution in [0, 0.1) is 10.7 Å².